The summed E-state index contributed by atoms with van der Waals surface area (Å²) in [7, 11) is 0. The first-order valence-corrected chi connectivity index (χ1v) is 6.45. The molecule has 104 valence electrons. The van der Waals surface area contributed by atoms with Crippen molar-refractivity contribution in [2.45, 2.75) is 32.0 Å². The van der Waals surface area contributed by atoms with Crippen LogP contribution in [0.3, 0.4) is 0 Å². The fourth-order valence-corrected chi connectivity index (χ4v) is 2.71. The van der Waals surface area contributed by atoms with E-state index in [4.69, 9.17) is 0 Å². The second-order valence-corrected chi connectivity index (χ2v) is 5.15. The number of aliphatic hydroxyl groups excluding tert-OH is 1. The third-order valence-corrected chi connectivity index (χ3v) is 3.75. The van der Waals surface area contributed by atoms with Crippen molar-refractivity contribution in [3.8, 4) is 0 Å². The molecule has 0 bridgehead atoms. The molecule has 1 aromatic rings. The zero-order chi connectivity index (χ0) is 14.4. The number of amides is 3. The van der Waals surface area contributed by atoms with Gasteiger partial charge in [-0.1, -0.05) is 11.6 Å². The zero-order valence-corrected chi connectivity index (χ0v) is 10.9. The molecule has 1 aromatic carbocycles. The van der Waals surface area contributed by atoms with Crippen molar-refractivity contribution in [3.05, 3.63) is 34.9 Å². The fraction of sp³-hybridized carbons (Fsp3) is 0.357. The molecule has 3 amide bonds. The minimum atomic E-state index is -1.21. The summed E-state index contributed by atoms with van der Waals surface area (Å²) in [6, 6.07) is 4.36. The van der Waals surface area contributed by atoms with Gasteiger partial charge < -0.3 is 10.4 Å². The van der Waals surface area contributed by atoms with Gasteiger partial charge in [0.25, 0.3) is 11.8 Å². The Morgan fingerprint density at radius 2 is 1.90 bits per heavy atom. The van der Waals surface area contributed by atoms with Gasteiger partial charge in [-0.05, 0) is 25.5 Å². The van der Waals surface area contributed by atoms with E-state index >= 15 is 0 Å². The molecule has 1 saturated heterocycles. The molecule has 0 spiro atoms. The van der Waals surface area contributed by atoms with Crippen LogP contribution < -0.4 is 5.32 Å². The molecule has 2 atom stereocenters. The third-order valence-electron chi connectivity index (χ3n) is 3.75. The maximum Gasteiger partial charge on any atom is 0.261 e. The van der Waals surface area contributed by atoms with Crippen molar-refractivity contribution < 1.29 is 19.5 Å². The molecule has 0 radical (unpaired) electrons. The minimum absolute atomic E-state index is 0.189. The maximum absolute atomic E-state index is 12.4. The summed E-state index contributed by atoms with van der Waals surface area (Å²) in [4.78, 5) is 37.0. The van der Waals surface area contributed by atoms with Gasteiger partial charge in [0.05, 0.1) is 17.2 Å². The third kappa shape index (κ3) is 1.80. The Labute approximate surface area is 115 Å². The number of carbonyl (C=O) groups is 3. The Bertz CT molecular complexity index is 626. The Hall–Kier alpha value is -2.21. The number of piperidine rings is 1. The molecule has 20 heavy (non-hydrogen) atoms. The lowest BCUT2D eigenvalue weighted by atomic mass is 10.0. The molecule has 3 rings (SSSR count). The van der Waals surface area contributed by atoms with Crippen molar-refractivity contribution in [2.75, 3.05) is 0 Å². The first-order chi connectivity index (χ1) is 9.49. The fourth-order valence-electron chi connectivity index (χ4n) is 2.71. The number of fused-ring (bicyclic) bond motifs is 1. The molecule has 0 aliphatic carbocycles. The minimum Gasteiger partial charge on any atom is -0.372 e. The SMILES string of the molecule is Cc1ccc2c(c1)C(=O)N([C@H]1CCC(=O)NC1O)C2=O. The smallest absolute Gasteiger partial charge is 0.261 e. The Kier molecular flexibility index (Phi) is 2.83. The average Bonchev–Trinajstić information content (AvgIpc) is 2.63. The number of aliphatic hydroxyl groups is 1. The van der Waals surface area contributed by atoms with Gasteiger partial charge in [-0.25, -0.2) is 0 Å². The summed E-state index contributed by atoms with van der Waals surface area (Å²) in [5, 5.41) is 12.2. The van der Waals surface area contributed by atoms with Crippen molar-refractivity contribution in [1.29, 1.82) is 0 Å². The predicted octanol–water partition coefficient (Wildman–Crippen LogP) is 0.188. The molecule has 2 aliphatic heterocycles. The maximum atomic E-state index is 12.4. The van der Waals surface area contributed by atoms with Crippen LogP contribution in [0, 0.1) is 6.92 Å². The van der Waals surface area contributed by atoms with E-state index in [0.717, 1.165) is 10.5 Å². The van der Waals surface area contributed by atoms with Crippen LogP contribution in [-0.4, -0.2) is 40.0 Å². The summed E-state index contributed by atoms with van der Waals surface area (Å²) in [6.07, 6.45) is -0.745. The molecule has 6 heteroatoms. The number of nitrogens with one attached hydrogen (secondary N) is 1. The van der Waals surface area contributed by atoms with Gasteiger partial charge in [-0.3, -0.25) is 19.3 Å². The quantitative estimate of drug-likeness (QED) is 0.716. The molecular formula is C14H14N2O4. The van der Waals surface area contributed by atoms with Crippen LogP contribution in [0.4, 0.5) is 0 Å². The van der Waals surface area contributed by atoms with Gasteiger partial charge in [0.15, 0.2) is 0 Å². The van der Waals surface area contributed by atoms with Crippen LogP contribution in [0.25, 0.3) is 0 Å². The van der Waals surface area contributed by atoms with E-state index in [1.165, 1.54) is 0 Å². The summed E-state index contributed by atoms with van der Waals surface area (Å²) < 4.78 is 0. The first kappa shape index (κ1) is 12.8. The van der Waals surface area contributed by atoms with E-state index in [2.05, 4.69) is 5.32 Å². The second-order valence-electron chi connectivity index (χ2n) is 5.15. The highest BCUT2D eigenvalue weighted by Crippen LogP contribution is 2.28. The normalized spacial score (nSPS) is 25.7. The van der Waals surface area contributed by atoms with Crippen LogP contribution in [0.15, 0.2) is 18.2 Å². The van der Waals surface area contributed by atoms with Gasteiger partial charge in [0.1, 0.15) is 6.23 Å². The average molecular weight is 274 g/mol. The second kappa shape index (κ2) is 4.42. The molecule has 6 nitrogen and oxygen atoms in total. The van der Waals surface area contributed by atoms with Crippen molar-refractivity contribution in [1.82, 2.24) is 10.2 Å². The number of hydrogen-bond acceptors (Lipinski definition) is 4. The van der Waals surface area contributed by atoms with Crippen molar-refractivity contribution in [3.63, 3.8) is 0 Å². The lowest BCUT2D eigenvalue weighted by Gasteiger charge is -2.33. The molecule has 2 N–H and O–H groups in total. The number of nitrogens with zero attached hydrogens (tertiary/aromatic N) is 1. The monoisotopic (exact) mass is 274 g/mol. The van der Waals surface area contributed by atoms with Gasteiger partial charge in [0.2, 0.25) is 5.91 Å². The van der Waals surface area contributed by atoms with E-state index in [0.29, 0.717) is 11.1 Å². The first-order valence-electron chi connectivity index (χ1n) is 6.45. The summed E-state index contributed by atoms with van der Waals surface area (Å²) in [6.45, 7) is 1.84. The lowest BCUT2D eigenvalue weighted by Crippen LogP contribution is -2.57. The Balaban J connectivity index is 1.95. The van der Waals surface area contributed by atoms with E-state index in [9.17, 15) is 19.5 Å². The van der Waals surface area contributed by atoms with E-state index in [1.807, 2.05) is 6.92 Å². The van der Waals surface area contributed by atoms with Gasteiger partial charge in [-0.15, -0.1) is 0 Å². The Morgan fingerprint density at radius 1 is 1.20 bits per heavy atom. The van der Waals surface area contributed by atoms with Crippen LogP contribution >= 0.6 is 0 Å². The molecular weight excluding hydrogens is 260 g/mol. The number of hydrogen-bond donors (Lipinski definition) is 2. The van der Waals surface area contributed by atoms with Crippen molar-refractivity contribution >= 4 is 17.7 Å². The van der Waals surface area contributed by atoms with Crippen LogP contribution in [0.2, 0.25) is 0 Å². The number of carbonyl (C=O) groups excluding carboxylic acids is 3. The standard InChI is InChI=1S/C14H14N2O4/c1-7-2-3-8-9(6-7)14(20)16(13(8)19)10-4-5-11(17)15-12(10)18/h2-3,6,10,12,18H,4-5H2,1H3,(H,15,17)/t10-,12?/m0/s1. The highest BCUT2D eigenvalue weighted by Gasteiger charge is 2.44. The van der Waals surface area contributed by atoms with E-state index in [1.54, 1.807) is 18.2 Å². The largest absolute Gasteiger partial charge is 0.372 e. The number of imide groups is 1. The van der Waals surface area contributed by atoms with E-state index in [-0.39, 0.29) is 18.7 Å². The molecule has 2 heterocycles. The number of aryl methyl sites for hydroxylation is 1. The molecule has 2 aliphatic rings. The van der Waals surface area contributed by atoms with Crippen LogP contribution in [-0.2, 0) is 4.79 Å². The highest BCUT2D eigenvalue weighted by molar-refractivity contribution is 6.21. The number of benzene rings is 1. The number of rotatable bonds is 1. The Morgan fingerprint density at radius 3 is 2.60 bits per heavy atom. The predicted molar refractivity (Wildman–Crippen MR) is 68.9 cm³/mol. The van der Waals surface area contributed by atoms with Crippen LogP contribution in [0.5, 0.6) is 0 Å². The van der Waals surface area contributed by atoms with Gasteiger partial charge in [0, 0.05) is 6.42 Å². The summed E-state index contributed by atoms with van der Waals surface area (Å²) in [5.74, 6) is -1.10. The molecule has 0 saturated carbocycles. The summed E-state index contributed by atoms with van der Waals surface area (Å²) in [5.41, 5.74) is 1.60. The summed E-state index contributed by atoms with van der Waals surface area (Å²) >= 11 is 0. The van der Waals surface area contributed by atoms with Gasteiger partial charge in [-0.2, -0.15) is 0 Å². The highest BCUT2D eigenvalue weighted by atomic mass is 16.3. The molecule has 0 aromatic heterocycles. The molecule has 1 unspecified atom stereocenters. The lowest BCUT2D eigenvalue weighted by molar-refractivity contribution is -0.129. The van der Waals surface area contributed by atoms with Crippen molar-refractivity contribution in [2.24, 2.45) is 0 Å². The van der Waals surface area contributed by atoms with E-state index < -0.39 is 24.1 Å². The molecule has 1 fully saturated rings. The topological polar surface area (TPSA) is 86.7 Å². The van der Waals surface area contributed by atoms with Crippen LogP contribution in [0.1, 0.15) is 39.1 Å². The zero-order valence-electron chi connectivity index (χ0n) is 10.9. The van der Waals surface area contributed by atoms with Gasteiger partial charge >= 0.3 is 0 Å².